The molecule has 3 heteroatoms. The molecule has 0 saturated heterocycles. The molecule has 20 heavy (non-hydrogen) atoms. The van der Waals surface area contributed by atoms with E-state index in [-0.39, 0.29) is 6.42 Å². The first-order valence-electron chi connectivity index (χ1n) is 8.41. The molecule has 0 aliphatic carbocycles. The smallest absolute Gasteiger partial charge is 0.308 e. The van der Waals surface area contributed by atoms with Gasteiger partial charge >= 0.3 is 5.97 Å². The normalized spacial score (nSPS) is 12.3. The Labute approximate surface area is 124 Å². The van der Waals surface area contributed by atoms with E-state index >= 15 is 0 Å². The van der Waals surface area contributed by atoms with Crippen molar-refractivity contribution in [2.45, 2.75) is 96.6 Å². The van der Waals surface area contributed by atoms with Crippen molar-refractivity contribution < 1.29 is 13.9 Å². The zero-order valence-electron chi connectivity index (χ0n) is 13.5. The second-order valence-electron chi connectivity index (χ2n) is 5.70. The van der Waals surface area contributed by atoms with Gasteiger partial charge in [0, 0.05) is 0 Å². The lowest BCUT2D eigenvalue weighted by atomic mass is 10.0. The number of carbonyl (C=O) groups is 1. The first kappa shape index (κ1) is 19.4. The quantitative estimate of drug-likeness (QED) is 0.308. The maximum atomic E-state index is 13.3. The van der Waals surface area contributed by atoms with Crippen LogP contribution in [0.2, 0.25) is 0 Å². The molecular formula is C17H33FO2. The third-order valence-corrected chi connectivity index (χ3v) is 3.74. The van der Waals surface area contributed by atoms with Gasteiger partial charge < -0.3 is 4.74 Å². The van der Waals surface area contributed by atoms with Crippen molar-refractivity contribution in [3.63, 3.8) is 0 Å². The zero-order chi connectivity index (χ0) is 15.1. The number of methoxy groups -OCH3 is 1. The first-order valence-corrected chi connectivity index (χ1v) is 8.41. The number of carbonyl (C=O) groups excluding carboxylic acids is 1. The molecule has 0 aliphatic rings. The Morgan fingerprint density at radius 2 is 1.35 bits per heavy atom. The molecule has 1 unspecified atom stereocenters. The highest BCUT2D eigenvalue weighted by atomic mass is 19.1. The number of ether oxygens (including phenoxy) is 1. The SMILES string of the molecule is CCCCCCCCCCCCCC(F)CC(=O)OC. The highest BCUT2D eigenvalue weighted by molar-refractivity contribution is 5.69. The topological polar surface area (TPSA) is 26.3 Å². The number of halogens is 1. The molecule has 0 bridgehead atoms. The Balaban J connectivity index is 3.14. The molecule has 0 aromatic rings. The summed E-state index contributed by atoms with van der Waals surface area (Å²) in [5.74, 6) is -0.444. The van der Waals surface area contributed by atoms with E-state index in [9.17, 15) is 9.18 Å². The van der Waals surface area contributed by atoms with E-state index in [1.807, 2.05) is 0 Å². The molecular weight excluding hydrogens is 255 g/mol. The summed E-state index contributed by atoms with van der Waals surface area (Å²) in [5, 5.41) is 0. The van der Waals surface area contributed by atoms with Crippen LogP contribution in [-0.2, 0) is 9.53 Å². The summed E-state index contributed by atoms with van der Waals surface area (Å²) >= 11 is 0. The molecule has 120 valence electrons. The number of rotatable bonds is 14. The largest absolute Gasteiger partial charge is 0.469 e. The van der Waals surface area contributed by atoms with Crippen molar-refractivity contribution in [2.75, 3.05) is 7.11 Å². The molecule has 0 saturated carbocycles. The van der Waals surface area contributed by atoms with Crippen LogP contribution in [0.3, 0.4) is 0 Å². The van der Waals surface area contributed by atoms with Gasteiger partial charge in [-0.15, -0.1) is 0 Å². The van der Waals surface area contributed by atoms with Crippen molar-refractivity contribution in [1.82, 2.24) is 0 Å². The minimum atomic E-state index is -1.03. The molecule has 0 radical (unpaired) electrons. The summed E-state index contributed by atoms with van der Waals surface area (Å²) < 4.78 is 17.8. The van der Waals surface area contributed by atoms with E-state index in [4.69, 9.17) is 0 Å². The van der Waals surface area contributed by atoms with Gasteiger partial charge in [0.2, 0.25) is 0 Å². The first-order chi connectivity index (χ1) is 9.70. The fourth-order valence-electron chi connectivity index (χ4n) is 2.40. The molecule has 2 nitrogen and oxygen atoms in total. The van der Waals surface area contributed by atoms with Gasteiger partial charge in [0.25, 0.3) is 0 Å². The minimum absolute atomic E-state index is 0.0890. The van der Waals surface area contributed by atoms with Gasteiger partial charge in [-0.05, 0) is 6.42 Å². The van der Waals surface area contributed by atoms with Crippen LogP contribution in [0.15, 0.2) is 0 Å². The van der Waals surface area contributed by atoms with E-state index in [0.717, 1.165) is 12.8 Å². The molecule has 1 atom stereocenters. The summed E-state index contributed by atoms with van der Waals surface area (Å²) in [6.45, 7) is 2.24. The lowest BCUT2D eigenvalue weighted by molar-refractivity contribution is -0.141. The molecule has 0 spiro atoms. The van der Waals surface area contributed by atoms with Crippen LogP contribution in [0, 0.1) is 0 Å². The molecule has 0 aromatic carbocycles. The third-order valence-electron chi connectivity index (χ3n) is 3.74. The summed E-state index contributed by atoms with van der Waals surface area (Å²) in [4.78, 5) is 10.9. The van der Waals surface area contributed by atoms with Crippen LogP contribution in [0.25, 0.3) is 0 Å². The van der Waals surface area contributed by atoms with Gasteiger partial charge in [-0.3, -0.25) is 4.79 Å². The molecule has 0 rings (SSSR count). The molecule has 0 aromatic heterocycles. The maximum Gasteiger partial charge on any atom is 0.308 e. The van der Waals surface area contributed by atoms with Crippen molar-refractivity contribution in [3.05, 3.63) is 0 Å². The predicted octanol–water partition coefficient (Wildman–Crippen LogP) is 5.59. The Morgan fingerprint density at radius 1 is 0.900 bits per heavy atom. The molecule has 0 amide bonds. The highest BCUT2D eigenvalue weighted by Crippen LogP contribution is 2.14. The maximum absolute atomic E-state index is 13.3. The van der Waals surface area contributed by atoms with Crippen LogP contribution in [0.4, 0.5) is 4.39 Å². The van der Waals surface area contributed by atoms with Gasteiger partial charge in [0.15, 0.2) is 0 Å². The molecule has 0 heterocycles. The van der Waals surface area contributed by atoms with E-state index in [1.54, 1.807) is 0 Å². The molecule has 0 N–H and O–H groups in total. The van der Waals surface area contributed by atoms with Gasteiger partial charge in [-0.1, -0.05) is 77.6 Å². The zero-order valence-corrected chi connectivity index (χ0v) is 13.5. The number of unbranched alkanes of at least 4 members (excludes halogenated alkanes) is 10. The Morgan fingerprint density at radius 3 is 1.80 bits per heavy atom. The third kappa shape index (κ3) is 13.8. The van der Waals surface area contributed by atoms with Crippen molar-refractivity contribution in [2.24, 2.45) is 0 Å². The molecule has 0 fully saturated rings. The number of hydrogen-bond donors (Lipinski definition) is 0. The van der Waals surface area contributed by atoms with Crippen molar-refractivity contribution in [3.8, 4) is 0 Å². The lowest BCUT2D eigenvalue weighted by Gasteiger charge is -2.06. The van der Waals surface area contributed by atoms with E-state index in [2.05, 4.69) is 11.7 Å². The van der Waals surface area contributed by atoms with E-state index < -0.39 is 12.1 Å². The highest BCUT2D eigenvalue weighted by Gasteiger charge is 2.11. The number of esters is 1. The minimum Gasteiger partial charge on any atom is -0.469 e. The lowest BCUT2D eigenvalue weighted by Crippen LogP contribution is -2.10. The van der Waals surface area contributed by atoms with Gasteiger partial charge in [-0.2, -0.15) is 0 Å². The summed E-state index contributed by atoms with van der Waals surface area (Å²) in [6, 6.07) is 0. The van der Waals surface area contributed by atoms with Crippen LogP contribution >= 0.6 is 0 Å². The average Bonchev–Trinajstić information content (AvgIpc) is 2.44. The Hall–Kier alpha value is -0.600. The van der Waals surface area contributed by atoms with Crippen molar-refractivity contribution >= 4 is 5.97 Å². The number of hydrogen-bond acceptors (Lipinski definition) is 2. The summed E-state index contributed by atoms with van der Waals surface area (Å²) in [7, 11) is 1.30. The summed E-state index contributed by atoms with van der Waals surface area (Å²) in [5.41, 5.74) is 0. The van der Waals surface area contributed by atoms with Gasteiger partial charge in [0.1, 0.15) is 6.17 Å². The fraction of sp³-hybridized carbons (Fsp3) is 0.941. The van der Waals surface area contributed by atoms with E-state index in [0.29, 0.717) is 6.42 Å². The van der Waals surface area contributed by atoms with Gasteiger partial charge in [-0.25, -0.2) is 4.39 Å². The Kier molecular flexibility index (Phi) is 14.4. The monoisotopic (exact) mass is 288 g/mol. The van der Waals surface area contributed by atoms with E-state index in [1.165, 1.54) is 64.9 Å². The Bertz CT molecular complexity index is 219. The number of alkyl halides is 1. The molecule has 0 aliphatic heterocycles. The van der Waals surface area contributed by atoms with Gasteiger partial charge in [0.05, 0.1) is 13.5 Å². The van der Waals surface area contributed by atoms with Crippen LogP contribution in [0.5, 0.6) is 0 Å². The second kappa shape index (κ2) is 14.8. The second-order valence-corrected chi connectivity index (χ2v) is 5.70. The van der Waals surface area contributed by atoms with Crippen LogP contribution < -0.4 is 0 Å². The average molecular weight is 288 g/mol. The predicted molar refractivity (Wildman–Crippen MR) is 82.6 cm³/mol. The van der Waals surface area contributed by atoms with Crippen molar-refractivity contribution in [1.29, 1.82) is 0 Å². The summed E-state index contributed by atoms with van der Waals surface area (Å²) in [6.07, 6.45) is 13.3. The van der Waals surface area contributed by atoms with Crippen LogP contribution in [0.1, 0.15) is 90.4 Å². The van der Waals surface area contributed by atoms with Crippen LogP contribution in [-0.4, -0.2) is 19.3 Å². The standard InChI is InChI=1S/C17H33FO2/c1-3-4-5-6-7-8-9-10-11-12-13-14-16(18)15-17(19)20-2/h16H,3-15H2,1-2H3. The fourth-order valence-corrected chi connectivity index (χ4v) is 2.40.